The molecule has 598 valence electrons. The molecule has 18 atom stereocenters. The first-order valence-electron chi connectivity index (χ1n) is 40.7. The first-order chi connectivity index (χ1) is 49.4. The second-order valence-corrected chi connectivity index (χ2v) is 29.6. The van der Waals surface area contributed by atoms with E-state index in [0.29, 0.717) is 12.8 Å². The molecule has 18 unspecified atom stereocenters. The molecule has 23 nitrogen and oxygen atoms in total. The number of hydrogen-bond acceptors (Lipinski definition) is 20. The Labute approximate surface area is 613 Å². The lowest BCUT2D eigenvalue weighted by Gasteiger charge is -2.50. The van der Waals surface area contributed by atoms with Crippen molar-refractivity contribution in [2.24, 2.45) is 0 Å². The molecule has 0 spiro atoms. The number of aliphatic hydroxyl groups excluding tert-OH is 11. The van der Waals surface area contributed by atoms with Gasteiger partial charge in [0.1, 0.15) is 67.1 Å². The van der Waals surface area contributed by atoms with E-state index in [1.165, 1.54) is 225 Å². The smallest absolute Gasteiger partial charge is 0.364 e. The maximum atomic E-state index is 13.5. The molecule has 3 fully saturated rings. The van der Waals surface area contributed by atoms with Crippen molar-refractivity contribution in [3.8, 4) is 0 Å². The molecule has 0 aromatic heterocycles. The van der Waals surface area contributed by atoms with Crippen LogP contribution in [0, 0.1) is 0 Å². The average molecular weight is 1460 g/mol. The predicted octanol–water partition coefficient (Wildman–Crippen LogP) is 10.7. The third kappa shape index (κ3) is 38.3. The molecule has 3 aliphatic heterocycles. The van der Waals surface area contributed by atoms with E-state index in [4.69, 9.17) is 28.4 Å². The fraction of sp³-hybridized carbons (Fsp3) is 0.911. The van der Waals surface area contributed by atoms with Crippen molar-refractivity contribution in [3.05, 3.63) is 24.3 Å². The summed E-state index contributed by atoms with van der Waals surface area (Å²) >= 11 is 0. The summed E-state index contributed by atoms with van der Waals surface area (Å²) in [5.41, 5.74) is 0. The molecule has 0 saturated carbocycles. The van der Waals surface area contributed by atoms with E-state index in [1.807, 2.05) is 6.08 Å². The maximum Gasteiger partial charge on any atom is 0.364 e. The van der Waals surface area contributed by atoms with Gasteiger partial charge in [-0.3, -0.25) is 9.59 Å². The number of aliphatic carboxylic acids is 1. The number of carbonyl (C=O) groups is 3. The molecule has 2 amide bonds. The van der Waals surface area contributed by atoms with Gasteiger partial charge in [-0.1, -0.05) is 282 Å². The van der Waals surface area contributed by atoms with Gasteiger partial charge in [0, 0.05) is 19.8 Å². The Balaban J connectivity index is 1.52. The van der Waals surface area contributed by atoms with E-state index in [9.17, 15) is 75.7 Å². The minimum absolute atomic E-state index is 0.200. The summed E-state index contributed by atoms with van der Waals surface area (Å²) < 4.78 is 34.9. The molecule has 14 N–H and O–H groups in total. The van der Waals surface area contributed by atoms with Crippen molar-refractivity contribution in [3.63, 3.8) is 0 Å². The lowest BCUT2D eigenvalue weighted by atomic mass is 9.88. The third-order valence-corrected chi connectivity index (χ3v) is 20.6. The van der Waals surface area contributed by atoms with Crippen molar-refractivity contribution in [2.45, 2.75) is 432 Å². The largest absolute Gasteiger partial charge is 0.477 e. The first kappa shape index (κ1) is 93.4. The van der Waals surface area contributed by atoms with Crippen molar-refractivity contribution < 1.29 is 104 Å². The Hall–Kier alpha value is -2.79. The van der Waals surface area contributed by atoms with Crippen LogP contribution in [0.5, 0.6) is 0 Å². The Morgan fingerprint density at radius 1 is 0.510 bits per heavy atom. The Morgan fingerprint density at radius 3 is 1.33 bits per heavy atom. The Morgan fingerprint density at radius 2 is 0.922 bits per heavy atom. The molecule has 0 aromatic rings. The van der Waals surface area contributed by atoms with Crippen molar-refractivity contribution in [1.82, 2.24) is 10.6 Å². The van der Waals surface area contributed by atoms with Crippen LogP contribution in [0.2, 0.25) is 0 Å². The fourth-order valence-corrected chi connectivity index (χ4v) is 14.2. The molecule has 3 saturated heterocycles. The lowest BCUT2D eigenvalue weighted by Crippen LogP contribution is -2.70. The number of aliphatic hydroxyl groups is 11. The second-order valence-electron chi connectivity index (χ2n) is 29.6. The van der Waals surface area contributed by atoms with E-state index in [0.717, 1.165) is 58.3 Å². The molecule has 0 radical (unpaired) electrons. The van der Waals surface area contributed by atoms with Crippen molar-refractivity contribution >= 4 is 17.8 Å². The molecule has 0 aromatic carbocycles. The van der Waals surface area contributed by atoms with Crippen LogP contribution in [0.15, 0.2) is 24.3 Å². The first-order valence-corrected chi connectivity index (χ1v) is 40.7. The maximum absolute atomic E-state index is 13.5. The number of carboxylic acids is 1. The number of carboxylic acid groups (broad SMARTS) is 1. The van der Waals surface area contributed by atoms with E-state index < -0.39 is 155 Å². The van der Waals surface area contributed by atoms with Crippen LogP contribution in [-0.2, 0) is 42.8 Å². The highest BCUT2D eigenvalue weighted by Crippen LogP contribution is 2.39. The molecule has 102 heavy (non-hydrogen) atoms. The third-order valence-electron chi connectivity index (χ3n) is 20.6. The molecule has 23 heteroatoms. The zero-order valence-electron chi connectivity index (χ0n) is 63.2. The summed E-state index contributed by atoms with van der Waals surface area (Å²) in [4.78, 5) is 38.7. The highest BCUT2D eigenvalue weighted by atomic mass is 16.8. The van der Waals surface area contributed by atoms with E-state index in [-0.39, 0.29) is 12.3 Å². The Kier molecular flexibility index (Phi) is 53.4. The molecule has 0 bridgehead atoms. The summed E-state index contributed by atoms with van der Waals surface area (Å²) in [7, 11) is 0. The van der Waals surface area contributed by atoms with Crippen molar-refractivity contribution in [1.29, 1.82) is 0 Å². The standard InChI is InChI=1S/C79H146N2O21/c1-4-6-8-10-12-14-16-18-20-22-24-26-28-29-30-31-33-35-37-39-41-43-45-47-49-51-53-66(89)81-60(61(86)52-50-48-46-44-42-40-38-36-34-32-27-25-23-21-19-17-15-13-11-9-7-5-2)58-97-76-71(93)70(92)73(65(57-84)99-76)100-77-72(94)75(69(91)64(56-83)98-77)102-79(78(95)96)54-62(87)67(80-59(3)85)74(101-79)68(90)63(88)55-82/h29-30,50,52,60-65,67-77,82-84,86-88,90-94H,4-28,31-49,51,53-58H2,1-3H3,(H,80,85)(H,81,89)(H,95,96)/b30-29-,52-50+. The number of allylic oxidation sites excluding steroid dienone is 3. The van der Waals surface area contributed by atoms with Gasteiger partial charge in [-0.15, -0.1) is 0 Å². The zero-order chi connectivity index (χ0) is 74.6. The lowest BCUT2D eigenvalue weighted by molar-refractivity contribution is -0.386. The number of ether oxygens (including phenoxy) is 6. The Bertz CT molecular complexity index is 2130. The number of carbonyl (C=O) groups excluding carboxylic acids is 2. The van der Waals surface area contributed by atoms with Gasteiger partial charge in [-0.05, 0) is 44.9 Å². The van der Waals surface area contributed by atoms with Gasteiger partial charge in [0.2, 0.25) is 11.8 Å². The summed E-state index contributed by atoms with van der Waals surface area (Å²) in [6.45, 7) is 2.19. The number of hydrogen-bond donors (Lipinski definition) is 14. The van der Waals surface area contributed by atoms with Crippen LogP contribution < -0.4 is 10.6 Å². The van der Waals surface area contributed by atoms with Crippen LogP contribution in [-0.4, -0.2) is 215 Å². The minimum atomic E-state index is -3.08. The van der Waals surface area contributed by atoms with E-state index in [2.05, 4.69) is 36.6 Å². The predicted molar refractivity (Wildman–Crippen MR) is 394 cm³/mol. The summed E-state index contributed by atoms with van der Waals surface area (Å²) in [5, 5.41) is 136. The molecule has 3 rings (SSSR count). The average Bonchev–Trinajstić information content (AvgIpc) is 0.755. The fourth-order valence-electron chi connectivity index (χ4n) is 14.2. The number of nitrogens with one attached hydrogen (secondary N) is 2. The monoisotopic (exact) mass is 1460 g/mol. The van der Waals surface area contributed by atoms with Gasteiger partial charge >= 0.3 is 5.97 Å². The second kappa shape index (κ2) is 58.3. The summed E-state index contributed by atoms with van der Waals surface area (Å²) in [5.74, 6) is -6.14. The van der Waals surface area contributed by atoms with Gasteiger partial charge in [0.05, 0.1) is 50.7 Å². The minimum Gasteiger partial charge on any atom is -0.477 e. The molecular weight excluding hydrogens is 1310 g/mol. The quantitative estimate of drug-likeness (QED) is 0.0199. The molecule has 3 heterocycles. The number of amides is 2. The number of rotatable bonds is 64. The summed E-state index contributed by atoms with van der Waals surface area (Å²) in [6.07, 6.45) is 35.0. The van der Waals surface area contributed by atoms with Gasteiger partial charge in [0.25, 0.3) is 5.79 Å². The van der Waals surface area contributed by atoms with Gasteiger partial charge < -0.3 is 100 Å². The highest BCUT2D eigenvalue weighted by molar-refractivity contribution is 5.77. The van der Waals surface area contributed by atoms with Gasteiger partial charge in [-0.25, -0.2) is 4.79 Å². The normalized spacial score (nSPS) is 26.7. The molecular formula is C79H146N2O21. The van der Waals surface area contributed by atoms with E-state index in [1.54, 1.807) is 6.08 Å². The van der Waals surface area contributed by atoms with Gasteiger partial charge in [0.15, 0.2) is 12.6 Å². The van der Waals surface area contributed by atoms with Gasteiger partial charge in [-0.2, -0.15) is 0 Å². The highest BCUT2D eigenvalue weighted by Gasteiger charge is 2.60. The molecule has 3 aliphatic rings. The van der Waals surface area contributed by atoms with Crippen molar-refractivity contribution in [2.75, 3.05) is 26.4 Å². The summed E-state index contributed by atoms with van der Waals surface area (Å²) in [6, 6.07) is -2.62. The van der Waals surface area contributed by atoms with E-state index >= 15 is 0 Å². The SMILES string of the molecule is CCCCCCCCCCCCCC/C=C\CCCCCCCCCCCCC(=O)NC(COC1OC(CO)C(OC2OC(CO)C(O)C(OC3(C(=O)O)CC(O)C(NC(C)=O)C(C(O)C(O)CO)O3)C2O)C(O)C1O)C(O)/C=C/CCCCCCCCCCCCCCCCCCCCCC. The molecule has 0 aliphatic carbocycles. The van der Waals surface area contributed by atoms with Crippen LogP contribution in [0.4, 0.5) is 0 Å². The topological polar surface area (TPSA) is 373 Å². The van der Waals surface area contributed by atoms with Crippen LogP contribution >= 0.6 is 0 Å². The van der Waals surface area contributed by atoms with Crippen LogP contribution in [0.3, 0.4) is 0 Å². The van der Waals surface area contributed by atoms with Crippen LogP contribution in [0.1, 0.15) is 323 Å². The van der Waals surface area contributed by atoms with Crippen LogP contribution in [0.25, 0.3) is 0 Å². The number of unbranched alkanes of at least 4 members (excludes halogenated alkanes) is 42. The zero-order valence-corrected chi connectivity index (χ0v) is 63.2.